The topological polar surface area (TPSA) is 55.2 Å². The van der Waals surface area contributed by atoms with Gasteiger partial charge < -0.3 is 0 Å². The van der Waals surface area contributed by atoms with Crippen LogP contribution in [0.5, 0.6) is 0 Å². The predicted octanol–water partition coefficient (Wildman–Crippen LogP) is 1.16. The zero-order valence-electron chi connectivity index (χ0n) is 8.51. The van der Waals surface area contributed by atoms with Crippen LogP contribution in [0.3, 0.4) is 0 Å². The molecule has 2 heterocycles. The van der Waals surface area contributed by atoms with Crippen molar-refractivity contribution >= 4 is 26.0 Å². The van der Waals surface area contributed by atoms with Gasteiger partial charge in [-0.2, -0.15) is 9.40 Å². The maximum Gasteiger partial charge on any atom is 0.235 e. The largest absolute Gasteiger partial charge is 0.250 e. The minimum atomic E-state index is -3.21. The fourth-order valence-electron chi connectivity index (χ4n) is 1.65. The molecule has 0 fully saturated rings. The molecule has 0 radical (unpaired) electrons. The van der Waals surface area contributed by atoms with Crippen LogP contribution in [0.4, 0.5) is 0 Å². The average Bonchev–Trinajstić information content (AvgIpc) is 2.40. The van der Waals surface area contributed by atoms with Crippen LogP contribution in [0, 0.1) is 0 Å². The summed E-state index contributed by atoms with van der Waals surface area (Å²) >= 11 is 3.24. The van der Waals surface area contributed by atoms with E-state index < -0.39 is 10.0 Å². The number of hydrogen-bond acceptors (Lipinski definition) is 3. The second kappa shape index (κ2) is 3.57. The van der Waals surface area contributed by atoms with E-state index in [1.54, 1.807) is 0 Å². The summed E-state index contributed by atoms with van der Waals surface area (Å²) in [6, 6.07) is 1.83. The Kier molecular flexibility index (Phi) is 2.64. The van der Waals surface area contributed by atoms with E-state index in [4.69, 9.17) is 0 Å². The molecule has 0 saturated heterocycles. The number of fused-ring (bicyclic) bond motifs is 1. The lowest BCUT2D eigenvalue weighted by atomic mass is 10.3. The van der Waals surface area contributed by atoms with Crippen LogP contribution in [-0.2, 0) is 22.4 Å². The molecule has 5 nitrogen and oxygen atoms in total. The van der Waals surface area contributed by atoms with Gasteiger partial charge in [0, 0.05) is 6.04 Å². The fraction of sp³-hybridized carbons (Fsp3) is 0.625. The minimum absolute atomic E-state index is 0.0163. The number of rotatable bonds is 1. The zero-order valence-corrected chi connectivity index (χ0v) is 10.9. The van der Waals surface area contributed by atoms with Gasteiger partial charge in [0.1, 0.15) is 4.60 Å². The molecule has 0 aliphatic carbocycles. The fourth-order valence-corrected chi connectivity index (χ4v) is 3.76. The van der Waals surface area contributed by atoms with E-state index in [1.807, 2.05) is 19.9 Å². The van der Waals surface area contributed by atoms with Gasteiger partial charge >= 0.3 is 0 Å². The summed E-state index contributed by atoms with van der Waals surface area (Å²) in [6.07, 6.45) is 0. The van der Waals surface area contributed by atoms with E-state index in [9.17, 15) is 8.42 Å². The van der Waals surface area contributed by atoms with Gasteiger partial charge in [0.15, 0.2) is 5.88 Å². The summed E-state index contributed by atoms with van der Waals surface area (Å²) in [5.74, 6) is -0.0634. The quantitative estimate of drug-likeness (QED) is 0.781. The molecule has 15 heavy (non-hydrogen) atoms. The van der Waals surface area contributed by atoms with Gasteiger partial charge in [-0.05, 0) is 35.8 Å². The molecule has 1 aliphatic rings. The molecular formula is C8H12BrN3O2S. The molecular weight excluding hydrogens is 282 g/mol. The number of nitrogens with zero attached hydrogens (tertiary/aromatic N) is 3. The van der Waals surface area contributed by atoms with Crippen molar-refractivity contribution in [1.29, 1.82) is 0 Å². The van der Waals surface area contributed by atoms with Crippen LogP contribution in [0.25, 0.3) is 0 Å². The molecule has 7 heteroatoms. The standard InChI is InChI=1S/C8H12BrN3O2S/c1-6(2)12-4-7-3-8(9)10-11(7)5-15(12,13)14/h3,6H,4-5H2,1-2H3. The van der Waals surface area contributed by atoms with Crippen molar-refractivity contribution in [3.63, 3.8) is 0 Å². The summed E-state index contributed by atoms with van der Waals surface area (Å²) in [4.78, 5) is 0. The highest BCUT2D eigenvalue weighted by molar-refractivity contribution is 9.10. The first-order chi connectivity index (χ1) is 6.90. The Bertz CT molecular complexity index is 480. The highest BCUT2D eigenvalue weighted by atomic mass is 79.9. The van der Waals surface area contributed by atoms with Gasteiger partial charge in [-0.15, -0.1) is 0 Å². The minimum Gasteiger partial charge on any atom is -0.250 e. The van der Waals surface area contributed by atoms with Crippen LogP contribution >= 0.6 is 15.9 Å². The lowest BCUT2D eigenvalue weighted by molar-refractivity contribution is 0.317. The molecule has 0 amide bonds. The molecule has 2 rings (SSSR count). The SMILES string of the molecule is CC(C)N1Cc2cc(Br)nn2CS1(=O)=O. The molecule has 0 saturated carbocycles. The molecule has 84 valence electrons. The molecule has 0 unspecified atom stereocenters. The number of hydrogen-bond donors (Lipinski definition) is 0. The number of sulfonamides is 1. The molecule has 0 spiro atoms. The molecule has 1 aliphatic heterocycles. The average molecular weight is 294 g/mol. The third-order valence-corrected chi connectivity index (χ3v) is 4.59. The van der Waals surface area contributed by atoms with E-state index in [2.05, 4.69) is 21.0 Å². The Hall–Kier alpha value is -0.400. The zero-order chi connectivity index (χ0) is 11.2. The monoisotopic (exact) mass is 293 g/mol. The van der Waals surface area contributed by atoms with Crippen LogP contribution in [0.1, 0.15) is 19.5 Å². The van der Waals surface area contributed by atoms with E-state index in [1.165, 1.54) is 8.99 Å². The maximum absolute atomic E-state index is 11.8. The Balaban J connectivity index is 2.44. The Morgan fingerprint density at radius 3 is 2.80 bits per heavy atom. The van der Waals surface area contributed by atoms with Crippen LogP contribution in [0.2, 0.25) is 0 Å². The molecule has 1 aromatic rings. The van der Waals surface area contributed by atoms with E-state index in [0.717, 1.165) is 5.69 Å². The van der Waals surface area contributed by atoms with Gasteiger partial charge in [0.25, 0.3) is 0 Å². The summed E-state index contributed by atoms with van der Waals surface area (Å²) in [5, 5.41) is 4.07. The highest BCUT2D eigenvalue weighted by Crippen LogP contribution is 2.23. The second-order valence-electron chi connectivity index (χ2n) is 3.84. The first-order valence-electron chi connectivity index (χ1n) is 4.62. The second-order valence-corrected chi connectivity index (χ2v) is 6.54. The van der Waals surface area contributed by atoms with Gasteiger partial charge in [-0.1, -0.05) is 0 Å². The molecule has 1 aromatic heterocycles. The lowest BCUT2D eigenvalue weighted by Crippen LogP contribution is -2.42. The Morgan fingerprint density at radius 2 is 2.20 bits per heavy atom. The highest BCUT2D eigenvalue weighted by Gasteiger charge is 2.32. The van der Waals surface area contributed by atoms with Gasteiger partial charge in [-0.25, -0.2) is 8.42 Å². The predicted molar refractivity (Wildman–Crippen MR) is 59.5 cm³/mol. The van der Waals surface area contributed by atoms with E-state index in [0.29, 0.717) is 11.1 Å². The number of halogens is 1. The number of aromatic nitrogens is 2. The van der Waals surface area contributed by atoms with Crippen molar-refractivity contribution in [2.24, 2.45) is 0 Å². The van der Waals surface area contributed by atoms with Gasteiger partial charge in [0.05, 0.1) is 12.2 Å². The molecule has 0 bridgehead atoms. The normalized spacial score (nSPS) is 20.5. The molecule has 0 atom stereocenters. The molecule has 0 N–H and O–H groups in total. The third kappa shape index (κ3) is 1.95. The first kappa shape index (κ1) is 11.1. The molecule has 0 aromatic carbocycles. The summed E-state index contributed by atoms with van der Waals surface area (Å²) < 4.78 is 27.4. The first-order valence-corrected chi connectivity index (χ1v) is 7.02. The van der Waals surface area contributed by atoms with Crippen LogP contribution in [0.15, 0.2) is 10.7 Å². The Labute approximate surface area is 97.2 Å². The summed E-state index contributed by atoms with van der Waals surface area (Å²) in [7, 11) is -3.21. The van der Waals surface area contributed by atoms with Crippen molar-refractivity contribution in [2.45, 2.75) is 32.3 Å². The van der Waals surface area contributed by atoms with E-state index in [-0.39, 0.29) is 11.9 Å². The van der Waals surface area contributed by atoms with Gasteiger partial charge in [0.2, 0.25) is 10.0 Å². The van der Waals surface area contributed by atoms with Crippen molar-refractivity contribution < 1.29 is 8.42 Å². The lowest BCUT2D eigenvalue weighted by Gasteiger charge is -2.29. The van der Waals surface area contributed by atoms with Crippen molar-refractivity contribution in [3.05, 3.63) is 16.4 Å². The summed E-state index contributed by atoms with van der Waals surface area (Å²) in [6.45, 7) is 4.15. The smallest absolute Gasteiger partial charge is 0.235 e. The van der Waals surface area contributed by atoms with E-state index >= 15 is 0 Å². The summed E-state index contributed by atoms with van der Waals surface area (Å²) in [5.41, 5.74) is 0.922. The van der Waals surface area contributed by atoms with Crippen molar-refractivity contribution in [3.8, 4) is 0 Å². The van der Waals surface area contributed by atoms with Crippen LogP contribution < -0.4 is 0 Å². The van der Waals surface area contributed by atoms with Crippen molar-refractivity contribution in [1.82, 2.24) is 14.1 Å². The third-order valence-electron chi connectivity index (χ3n) is 2.37. The maximum atomic E-state index is 11.8. The Morgan fingerprint density at radius 1 is 1.53 bits per heavy atom. The van der Waals surface area contributed by atoms with Crippen LogP contribution in [-0.4, -0.2) is 28.5 Å². The van der Waals surface area contributed by atoms with Crippen molar-refractivity contribution in [2.75, 3.05) is 0 Å². The van der Waals surface area contributed by atoms with Gasteiger partial charge in [-0.3, -0.25) is 4.68 Å².